The fraction of sp³-hybridized carbons (Fsp3) is 0.500. The highest BCUT2D eigenvalue weighted by Crippen LogP contribution is 2.38. The van der Waals surface area contributed by atoms with Gasteiger partial charge in [0, 0.05) is 22.1 Å². The van der Waals surface area contributed by atoms with Gasteiger partial charge in [-0.2, -0.15) is 11.8 Å². The summed E-state index contributed by atoms with van der Waals surface area (Å²) in [6, 6.07) is 6.70. The van der Waals surface area contributed by atoms with Crippen LogP contribution in [0.25, 0.3) is 0 Å². The highest BCUT2D eigenvalue weighted by molar-refractivity contribution is 7.99. The molecule has 1 heterocycles. The van der Waals surface area contributed by atoms with Gasteiger partial charge in [-0.3, -0.25) is 0 Å². The number of hydrogen-bond donors (Lipinski definition) is 1. The lowest BCUT2D eigenvalue weighted by molar-refractivity contribution is 0.540. The minimum Gasteiger partial charge on any atom is -0.309 e. The Balaban J connectivity index is 2.36. The van der Waals surface area contributed by atoms with E-state index in [1.54, 1.807) is 0 Å². The standard InChI is InChI=1S/C12H16ClNS/c1-3-14-12-8(2)15-7-9-4-5-10(13)6-11(9)12/h4-6,8,12,14H,3,7H2,1-2H3. The van der Waals surface area contributed by atoms with Crippen LogP contribution in [0.3, 0.4) is 0 Å². The third-order valence-electron chi connectivity index (χ3n) is 2.84. The second kappa shape index (κ2) is 4.77. The topological polar surface area (TPSA) is 12.0 Å². The van der Waals surface area contributed by atoms with Crippen LogP contribution >= 0.6 is 23.4 Å². The van der Waals surface area contributed by atoms with Crippen molar-refractivity contribution in [1.82, 2.24) is 5.32 Å². The Kier molecular flexibility index (Phi) is 3.60. The van der Waals surface area contributed by atoms with E-state index in [-0.39, 0.29) is 0 Å². The second-order valence-electron chi connectivity index (χ2n) is 3.89. The van der Waals surface area contributed by atoms with Gasteiger partial charge >= 0.3 is 0 Å². The lowest BCUT2D eigenvalue weighted by Crippen LogP contribution is -2.31. The van der Waals surface area contributed by atoms with Gasteiger partial charge in [-0.1, -0.05) is 31.5 Å². The van der Waals surface area contributed by atoms with E-state index in [4.69, 9.17) is 11.6 Å². The van der Waals surface area contributed by atoms with Gasteiger partial charge in [-0.25, -0.2) is 0 Å². The number of nitrogens with one attached hydrogen (secondary N) is 1. The fourth-order valence-electron chi connectivity index (χ4n) is 2.05. The van der Waals surface area contributed by atoms with Crippen LogP contribution in [-0.2, 0) is 5.75 Å². The van der Waals surface area contributed by atoms with E-state index in [1.807, 2.05) is 17.8 Å². The molecule has 1 aromatic carbocycles. The molecule has 82 valence electrons. The zero-order chi connectivity index (χ0) is 10.8. The maximum Gasteiger partial charge on any atom is 0.0441 e. The van der Waals surface area contributed by atoms with Crippen LogP contribution in [0.2, 0.25) is 5.02 Å². The molecule has 1 aromatic rings. The number of benzene rings is 1. The van der Waals surface area contributed by atoms with Gasteiger partial charge in [-0.15, -0.1) is 0 Å². The van der Waals surface area contributed by atoms with Crippen LogP contribution in [0.5, 0.6) is 0 Å². The van der Waals surface area contributed by atoms with E-state index in [2.05, 4.69) is 31.3 Å². The minimum absolute atomic E-state index is 0.447. The molecule has 0 aliphatic carbocycles. The molecule has 0 bridgehead atoms. The molecule has 0 aromatic heterocycles. The Morgan fingerprint density at radius 3 is 3.07 bits per heavy atom. The predicted molar refractivity (Wildman–Crippen MR) is 68.6 cm³/mol. The van der Waals surface area contributed by atoms with Gasteiger partial charge in [0.1, 0.15) is 0 Å². The van der Waals surface area contributed by atoms with Crippen molar-refractivity contribution in [2.45, 2.75) is 30.9 Å². The average molecular weight is 242 g/mol. The molecule has 1 N–H and O–H groups in total. The van der Waals surface area contributed by atoms with Gasteiger partial charge in [0.15, 0.2) is 0 Å². The Morgan fingerprint density at radius 1 is 1.53 bits per heavy atom. The molecule has 1 aliphatic heterocycles. The molecule has 0 amide bonds. The Labute approximate surface area is 101 Å². The molecule has 1 aliphatic rings. The van der Waals surface area contributed by atoms with Gasteiger partial charge in [0.25, 0.3) is 0 Å². The molecule has 2 unspecified atom stereocenters. The van der Waals surface area contributed by atoms with Crippen molar-refractivity contribution in [1.29, 1.82) is 0 Å². The quantitative estimate of drug-likeness (QED) is 0.849. The predicted octanol–water partition coefficient (Wildman–Crippen LogP) is 3.63. The minimum atomic E-state index is 0.447. The molecule has 3 heteroatoms. The molecule has 0 fully saturated rings. The molecule has 2 atom stereocenters. The SMILES string of the molecule is CCNC1c2cc(Cl)ccc2CSC1C. The molecule has 0 radical (unpaired) electrons. The van der Waals surface area contributed by atoms with Crippen LogP contribution in [0.4, 0.5) is 0 Å². The summed E-state index contributed by atoms with van der Waals surface area (Å²) in [7, 11) is 0. The summed E-state index contributed by atoms with van der Waals surface area (Å²) < 4.78 is 0. The van der Waals surface area contributed by atoms with Crippen molar-refractivity contribution in [3.63, 3.8) is 0 Å². The lowest BCUT2D eigenvalue weighted by atomic mass is 9.98. The molecule has 0 spiro atoms. The zero-order valence-electron chi connectivity index (χ0n) is 9.09. The molecule has 1 nitrogen and oxygen atoms in total. The van der Waals surface area contributed by atoms with Crippen molar-refractivity contribution in [3.8, 4) is 0 Å². The van der Waals surface area contributed by atoms with Crippen molar-refractivity contribution in [2.75, 3.05) is 6.54 Å². The summed E-state index contributed by atoms with van der Waals surface area (Å²) in [5.41, 5.74) is 2.81. The maximum absolute atomic E-state index is 6.06. The molecular formula is C12H16ClNS. The summed E-state index contributed by atoms with van der Waals surface area (Å²) in [6.07, 6.45) is 0. The number of fused-ring (bicyclic) bond motifs is 1. The number of hydrogen-bond acceptors (Lipinski definition) is 2. The summed E-state index contributed by atoms with van der Waals surface area (Å²) in [6.45, 7) is 5.43. The molecular weight excluding hydrogens is 226 g/mol. The molecule has 15 heavy (non-hydrogen) atoms. The largest absolute Gasteiger partial charge is 0.309 e. The first-order chi connectivity index (χ1) is 7.22. The third kappa shape index (κ3) is 2.32. The smallest absolute Gasteiger partial charge is 0.0441 e. The average Bonchev–Trinajstić information content (AvgIpc) is 2.23. The molecule has 2 rings (SSSR count). The van der Waals surface area contributed by atoms with E-state index in [0.717, 1.165) is 17.3 Å². The van der Waals surface area contributed by atoms with E-state index in [9.17, 15) is 0 Å². The van der Waals surface area contributed by atoms with E-state index >= 15 is 0 Å². The van der Waals surface area contributed by atoms with Crippen molar-refractivity contribution < 1.29 is 0 Å². The number of thioether (sulfide) groups is 1. The monoisotopic (exact) mass is 241 g/mol. The van der Waals surface area contributed by atoms with Crippen molar-refractivity contribution in [3.05, 3.63) is 34.3 Å². The summed E-state index contributed by atoms with van der Waals surface area (Å²) in [5.74, 6) is 1.11. The van der Waals surface area contributed by atoms with Gasteiger partial charge in [0.05, 0.1) is 0 Å². The van der Waals surface area contributed by atoms with Crippen LogP contribution in [0.15, 0.2) is 18.2 Å². The Morgan fingerprint density at radius 2 is 2.33 bits per heavy atom. The Bertz CT molecular complexity index is 353. The van der Waals surface area contributed by atoms with Crippen molar-refractivity contribution >= 4 is 23.4 Å². The van der Waals surface area contributed by atoms with Gasteiger partial charge < -0.3 is 5.32 Å². The number of rotatable bonds is 2. The highest BCUT2D eigenvalue weighted by atomic mass is 35.5. The first kappa shape index (κ1) is 11.3. The third-order valence-corrected chi connectivity index (χ3v) is 4.35. The normalized spacial score (nSPS) is 25.0. The zero-order valence-corrected chi connectivity index (χ0v) is 10.7. The summed E-state index contributed by atoms with van der Waals surface area (Å²) in [4.78, 5) is 0. The number of halogens is 1. The highest BCUT2D eigenvalue weighted by Gasteiger charge is 2.26. The van der Waals surface area contributed by atoms with Crippen LogP contribution < -0.4 is 5.32 Å². The van der Waals surface area contributed by atoms with E-state index < -0.39 is 0 Å². The van der Waals surface area contributed by atoms with Gasteiger partial charge in [-0.05, 0) is 29.8 Å². The second-order valence-corrected chi connectivity index (χ2v) is 5.70. The maximum atomic E-state index is 6.06. The molecule has 0 saturated heterocycles. The van der Waals surface area contributed by atoms with Crippen molar-refractivity contribution in [2.24, 2.45) is 0 Å². The Hall–Kier alpha value is -0.180. The van der Waals surface area contributed by atoms with E-state index in [1.165, 1.54) is 11.1 Å². The van der Waals surface area contributed by atoms with E-state index in [0.29, 0.717) is 11.3 Å². The fourth-order valence-corrected chi connectivity index (χ4v) is 3.37. The lowest BCUT2D eigenvalue weighted by Gasteiger charge is -2.31. The first-order valence-corrected chi connectivity index (χ1v) is 6.78. The first-order valence-electron chi connectivity index (χ1n) is 5.35. The van der Waals surface area contributed by atoms with Crippen LogP contribution in [-0.4, -0.2) is 11.8 Å². The van der Waals surface area contributed by atoms with Gasteiger partial charge in [0.2, 0.25) is 0 Å². The summed E-state index contributed by atoms with van der Waals surface area (Å²) in [5, 5.41) is 5.00. The molecule has 0 saturated carbocycles. The summed E-state index contributed by atoms with van der Waals surface area (Å²) >= 11 is 8.06. The van der Waals surface area contributed by atoms with Crippen LogP contribution in [0, 0.1) is 0 Å². The van der Waals surface area contributed by atoms with Crippen LogP contribution in [0.1, 0.15) is 31.0 Å².